The minimum Gasteiger partial charge on any atom is -0.484 e. The number of hydrogen-bond donors (Lipinski definition) is 1. The zero-order valence-corrected chi connectivity index (χ0v) is 11.4. The molecule has 1 aromatic rings. The molecule has 0 radical (unpaired) electrons. The molecular weight excluding hydrogens is 262 g/mol. The van der Waals surface area contributed by atoms with E-state index in [1.807, 2.05) is 13.8 Å². The Hall–Kier alpha value is -2.37. The van der Waals surface area contributed by atoms with Crippen LogP contribution < -0.4 is 4.74 Å². The second-order valence-electron chi connectivity index (χ2n) is 4.21. The number of nitrogens with zero attached hydrogens (tertiary/aromatic N) is 1. The van der Waals surface area contributed by atoms with Crippen LogP contribution in [-0.2, 0) is 4.79 Å². The van der Waals surface area contributed by atoms with Crippen molar-refractivity contribution in [3.8, 4) is 5.75 Å². The van der Waals surface area contributed by atoms with Crippen molar-refractivity contribution in [3.05, 3.63) is 40.0 Å². The molecule has 1 rings (SSSR count). The van der Waals surface area contributed by atoms with Gasteiger partial charge in [0.05, 0.1) is 11.0 Å². The van der Waals surface area contributed by atoms with Crippen molar-refractivity contribution in [2.24, 2.45) is 0 Å². The van der Waals surface area contributed by atoms with Crippen molar-refractivity contribution in [2.45, 2.75) is 32.8 Å². The van der Waals surface area contributed by atoms with E-state index < -0.39 is 10.9 Å². The molecule has 0 amide bonds. The number of nitro groups is 1. The van der Waals surface area contributed by atoms with Crippen LogP contribution in [0.25, 0.3) is 6.08 Å². The second kappa shape index (κ2) is 7.28. The normalized spacial score (nSPS) is 10.9. The molecule has 0 unspecified atom stereocenters. The molecule has 0 aliphatic carbocycles. The molecule has 0 spiro atoms. The zero-order valence-electron chi connectivity index (χ0n) is 11.4. The van der Waals surface area contributed by atoms with E-state index in [9.17, 15) is 14.9 Å². The van der Waals surface area contributed by atoms with E-state index in [1.54, 1.807) is 0 Å². The first kappa shape index (κ1) is 15.7. The van der Waals surface area contributed by atoms with E-state index in [4.69, 9.17) is 9.84 Å². The average Bonchev–Trinajstić information content (AvgIpc) is 2.42. The van der Waals surface area contributed by atoms with Crippen molar-refractivity contribution in [2.75, 3.05) is 0 Å². The van der Waals surface area contributed by atoms with Gasteiger partial charge >= 0.3 is 11.7 Å². The smallest absolute Gasteiger partial charge is 0.328 e. The Balaban J connectivity index is 3.11. The van der Waals surface area contributed by atoms with Gasteiger partial charge in [-0.1, -0.05) is 13.8 Å². The third kappa shape index (κ3) is 4.38. The topological polar surface area (TPSA) is 89.7 Å². The molecule has 0 saturated carbocycles. The number of carboxylic acid groups (broad SMARTS) is 1. The molecule has 1 aromatic carbocycles. The zero-order chi connectivity index (χ0) is 15.1. The number of carbonyl (C=O) groups is 1. The Labute approximate surface area is 116 Å². The van der Waals surface area contributed by atoms with E-state index in [2.05, 4.69) is 0 Å². The van der Waals surface area contributed by atoms with Gasteiger partial charge in [-0.25, -0.2) is 4.79 Å². The van der Waals surface area contributed by atoms with E-state index in [-0.39, 0.29) is 17.5 Å². The van der Waals surface area contributed by atoms with Gasteiger partial charge in [0.15, 0.2) is 5.75 Å². The van der Waals surface area contributed by atoms with E-state index in [1.165, 1.54) is 24.3 Å². The van der Waals surface area contributed by atoms with Gasteiger partial charge in [-0.2, -0.15) is 0 Å². The first-order valence-electron chi connectivity index (χ1n) is 6.34. The summed E-state index contributed by atoms with van der Waals surface area (Å²) in [6.07, 6.45) is 3.71. The number of aliphatic carboxylic acids is 1. The number of carboxylic acids is 1. The van der Waals surface area contributed by atoms with E-state index in [0.717, 1.165) is 18.9 Å². The fourth-order valence-corrected chi connectivity index (χ4v) is 1.68. The lowest BCUT2D eigenvalue weighted by Crippen LogP contribution is -2.14. The molecular formula is C14H17NO5. The highest BCUT2D eigenvalue weighted by Crippen LogP contribution is 2.30. The Bertz CT molecular complexity index is 520. The second-order valence-corrected chi connectivity index (χ2v) is 4.21. The molecule has 0 heterocycles. The third-order valence-corrected chi connectivity index (χ3v) is 2.80. The number of benzene rings is 1. The summed E-state index contributed by atoms with van der Waals surface area (Å²) in [6.45, 7) is 3.88. The highest BCUT2D eigenvalue weighted by atomic mass is 16.6. The Morgan fingerprint density at radius 1 is 1.45 bits per heavy atom. The summed E-state index contributed by atoms with van der Waals surface area (Å²) in [7, 11) is 0. The van der Waals surface area contributed by atoms with Crippen molar-refractivity contribution >= 4 is 17.7 Å². The quantitative estimate of drug-likeness (QED) is 0.470. The van der Waals surface area contributed by atoms with Crippen molar-refractivity contribution in [1.29, 1.82) is 0 Å². The van der Waals surface area contributed by atoms with Gasteiger partial charge in [0.25, 0.3) is 0 Å². The largest absolute Gasteiger partial charge is 0.484 e. The lowest BCUT2D eigenvalue weighted by Gasteiger charge is -2.15. The first-order valence-corrected chi connectivity index (χ1v) is 6.34. The van der Waals surface area contributed by atoms with Gasteiger partial charge in [0.1, 0.15) is 0 Å². The van der Waals surface area contributed by atoms with Crippen LogP contribution in [0.4, 0.5) is 5.69 Å². The molecule has 6 heteroatoms. The highest BCUT2D eigenvalue weighted by molar-refractivity contribution is 5.85. The molecule has 0 aromatic heterocycles. The summed E-state index contributed by atoms with van der Waals surface area (Å²) >= 11 is 0. The number of hydrogen-bond acceptors (Lipinski definition) is 4. The molecule has 0 atom stereocenters. The lowest BCUT2D eigenvalue weighted by atomic mass is 10.1. The predicted octanol–water partition coefficient (Wildman–Crippen LogP) is 3.26. The van der Waals surface area contributed by atoms with Crippen LogP contribution in [0, 0.1) is 10.1 Å². The highest BCUT2D eigenvalue weighted by Gasteiger charge is 2.18. The third-order valence-electron chi connectivity index (χ3n) is 2.80. The van der Waals surface area contributed by atoms with Gasteiger partial charge in [-0.3, -0.25) is 10.1 Å². The summed E-state index contributed by atoms with van der Waals surface area (Å²) < 4.78 is 5.63. The summed E-state index contributed by atoms with van der Waals surface area (Å²) in [5.41, 5.74) is 0.420. The van der Waals surface area contributed by atoms with Crippen molar-refractivity contribution < 1.29 is 19.6 Å². The molecule has 0 aliphatic heterocycles. The summed E-state index contributed by atoms with van der Waals surface area (Å²) in [6, 6.07) is 4.28. The summed E-state index contributed by atoms with van der Waals surface area (Å²) in [5, 5.41) is 19.6. The van der Waals surface area contributed by atoms with E-state index >= 15 is 0 Å². The lowest BCUT2D eigenvalue weighted by molar-refractivity contribution is -0.386. The SMILES string of the molecule is CCC(CC)Oc1cc(/C=C/C(=O)O)ccc1[N+](=O)[O-]. The maximum Gasteiger partial charge on any atom is 0.328 e. The number of nitro benzene ring substituents is 1. The average molecular weight is 279 g/mol. The maximum absolute atomic E-state index is 11.0. The van der Waals surface area contributed by atoms with Gasteiger partial charge in [-0.05, 0) is 36.6 Å². The molecule has 1 N–H and O–H groups in total. The molecule has 0 bridgehead atoms. The van der Waals surface area contributed by atoms with E-state index in [0.29, 0.717) is 5.56 Å². The van der Waals surface area contributed by atoms with Gasteiger partial charge in [0, 0.05) is 12.1 Å². The van der Waals surface area contributed by atoms with Crippen LogP contribution in [0.5, 0.6) is 5.75 Å². The predicted molar refractivity (Wildman–Crippen MR) is 74.8 cm³/mol. The first-order chi connectivity index (χ1) is 9.47. The van der Waals surface area contributed by atoms with Crippen molar-refractivity contribution in [3.63, 3.8) is 0 Å². The monoisotopic (exact) mass is 279 g/mol. The fourth-order valence-electron chi connectivity index (χ4n) is 1.68. The summed E-state index contributed by atoms with van der Waals surface area (Å²) in [4.78, 5) is 20.9. The van der Waals surface area contributed by atoms with Crippen molar-refractivity contribution in [1.82, 2.24) is 0 Å². The molecule has 0 saturated heterocycles. The molecule has 108 valence electrons. The Kier molecular flexibility index (Phi) is 5.71. The van der Waals surface area contributed by atoms with Gasteiger partial charge < -0.3 is 9.84 Å². The van der Waals surface area contributed by atoms with Crippen LogP contribution in [0.1, 0.15) is 32.3 Å². The van der Waals surface area contributed by atoms with Crippen LogP contribution in [0.15, 0.2) is 24.3 Å². The number of ether oxygens (including phenoxy) is 1. The molecule has 0 fully saturated rings. The van der Waals surface area contributed by atoms with Crippen LogP contribution in [0.2, 0.25) is 0 Å². The standard InChI is InChI=1S/C14H17NO5/c1-3-11(4-2)20-13-9-10(6-8-14(16)17)5-7-12(13)15(18)19/h5-9,11H,3-4H2,1-2H3,(H,16,17)/b8-6+. The fraction of sp³-hybridized carbons (Fsp3) is 0.357. The maximum atomic E-state index is 11.0. The van der Waals surface area contributed by atoms with Crippen LogP contribution >= 0.6 is 0 Å². The minimum atomic E-state index is -1.08. The van der Waals surface area contributed by atoms with Crippen LogP contribution in [0.3, 0.4) is 0 Å². The number of rotatable bonds is 7. The molecule has 6 nitrogen and oxygen atoms in total. The van der Waals surface area contributed by atoms with Gasteiger partial charge in [0.2, 0.25) is 0 Å². The van der Waals surface area contributed by atoms with Gasteiger partial charge in [-0.15, -0.1) is 0 Å². The molecule has 0 aliphatic rings. The molecule has 20 heavy (non-hydrogen) atoms. The minimum absolute atomic E-state index is 0.104. The van der Waals surface area contributed by atoms with Crippen LogP contribution in [-0.4, -0.2) is 22.1 Å². The summed E-state index contributed by atoms with van der Waals surface area (Å²) in [5.74, 6) is -0.915. The Morgan fingerprint density at radius 3 is 2.60 bits per heavy atom. The Morgan fingerprint density at radius 2 is 2.10 bits per heavy atom.